The van der Waals surface area contributed by atoms with Crippen molar-refractivity contribution in [3.8, 4) is 50.2 Å². The molecule has 0 aliphatic rings. The van der Waals surface area contributed by atoms with Crippen molar-refractivity contribution in [2.45, 2.75) is 131 Å². The Balaban J connectivity index is 1.23. The standard InChI is InChI=1S/C68H72N2/c1-64(2,3)49-24-16-42(17-25-49)45-22-32-61-57(36-45)58-37-46(43-18-26-50(27-19-43)65(4,5)6)23-33-62(58)70(61)54-35-48(34-53(40-54)68(13,14)15)55-38-47(44-20-28-51(29-21-44)66(7,8)9)39-59-56-41-52(67(10,11)12)30-31-60(56)69-63(55)59/h16-41,69H,1-15H3. The molecular weight excluding hydrogens is 845 g/mol. The molecule has 1 N–H and O–H groups in total. The normalized spacial score (nSPS) is 13.1. The van der Waals surface area contributed by atoms with Crippen LogP contribution >= 0.6 is 0 Å². The number of aromatic amines is 1. The van der Waals surface area contributed by atoms with Crippen molar-refractivity contribution in [2.75, 3.05) is 0 Å². The summed E-state index contributed by atoms with van der Waals surface area (Å²) in [5.74, 6) is 0. The number of nitrogens with one attached hydrogen (secondary N) is 1. The average Bonchev–Trinajstić information content (AvgIpc) is 3.84. The Morgan fingerprint density at radius 3 is 1.13 bits per heavy atom. The van der Waals surface area contributed by atoms with Crippen LogP contribution in [-0.4, -0.2) is 9.55 Å². The Bertz CT molecular complexity index is 3490. The largest absolute Gasteiger partial charge is 0.354 e. The number of hydrogen-bond acceptors (Lipinski definition) is 0. The molecule has 8 aromatic carbocycles. The van der Waals surface area contributed by atoms with Crippen LogP contribution in [0, 0.1) is 0 Å². The molecule has 2 heterocycles. The molecule has 2 aromatic heterocycles. The van der Waals surface area contributed by atoms with Gasteiger partial charge in [-0.25, -0.2) is 0 Å². The molecule has 354 valence electrons. The van der Waals surface area contributed by atoms with Crippen LogP contribution in [0.4, 0.5) is 0 Å². The maximum absolute atomic E-state index is 3.96. The third-order valence-electron chi connectivity index (χ3n) is 14.9. The van der Waals surface area contributed by atoms with Gasteiger partial charge in [0, 0.05) is 38.3 Å². The highest BCUT2D eigenvalue weighted by Gasteiger charge is 2.24. The lowest BCUT2D eigenvalue weighted by Gasteiger charge is -2.23. The lowest BCUT2D eigenvalue weighted by Crippen LogP contribution is -2.12. The zero-order chi connectivity index (χ0) is 49.9. The topological polar surface area (TPSA) is 20.7 Å². The second-order valence-electron chi connectivity index (χ2n) is 25.4. The van der Waals surface area contributed by atoms with Crippen LogP contribution in [0.1, 0.15) is 132 Å². The molecule has 0 aliphatic carbocycles. The van der Waals surface area contributed by atoms with Gasteiger partial charge in [0.2, 0.25) is 0 Å². The Morgan fingerprint density at radius 1 is 0.286 bits per heavy atom. The number of benzene rings is 8. The minimum absolute atomic E-state index is 0.0224. The smallest absolute Gasteiger partial charge is 0.0544 e. The first kappa shape index (κ1) is 47.1. The Labute approximate surface area is 417 Å². The van der Waals surface area contributed by atoms with Gasteiger partial charge in [-0.15, -0.1) is 0 Å². The monoisotopic (exact) mass is 917 g/mol. The van der Waals surface area contributed by atoms with E-state index in [2.05, 4.69) is 271 Å². The van der Waals surface area contributed by atoms with Gasteiger partial charge in [0.1, 0.15) is 0 Å². The van der Waals surface area contributed by atoms with Gasteiger partial charge in [-0.1, -0.05) is 201 Å². The van der Waals surface area contributed by atoms with Crippen molar-refractivity contribution >= 4 is 43.6 Å². The first-order valence-electron chi connectivity index (χ1n) is 25.5. The molecule has 0 bridgehead atoms. The van der Waals surface area contributed by atoms with Crippen LogP contribution < -0.4 is 0 Å². The van der Waals surface area contributed by atoms with E-state index in [0.717, 1.165) is 11.2 Å². The summed E-state index contributed by atoms with van der Waals surface area (Å²) >= 11 is 0. The highest BCUT2D eigenvalue weighted by molar-refractivity contribution is 6.14. The van der Waals surface area contributed by atoms with Crippen molar-refractivity contribution in [3.05, 3.63) is 186 Å². The zero-order valence-corrected chi connectivity index (χ0v) is 44.5. The molecular formula is C68H72N2. The van der Waals surface area contributed by atoms with Crippen molar-refractivity contribution < 1.29 is 0 Å². The van der Waals surface area contributed by atoms with Gasteiger partial charge in [-0.3, -0.25) is 0 Å². The summed E-state index contributed by atoms with van der Waals surface area (Å²) in [6, 6.07) is 61.0. The fourth-order valence-electron chi connectivity index (χ4n) is 10.3. The van der Waals surface area contributed by atoms with E-state index in [-0.39, 0.29) is 27.1 Å². The van der Waals surface area contributed by atoms with E-state index in [4.69, 9.17) is 0 Å². The van der Waals surface area contributed by atoms with E-state index in [1.807, 2.05) is 0 Å². The van der Waals surface area contributed by atoms with Crippen molar-refractivity contribution in [1.29, 1.82) is 0 Å². The van der Waals surface area contributed by atoms with Crippen LogP contribution in [0.3, 0.4) is 0 Å². The number of aromatic nitrogens is 2. The summed E-state index contributed by atoms with van der Waals surface area (Å²) in [6.45, 7) is 34.5. The van der Waals surface area contributed by atoms with E-state index in [1.165, 1.54) is 110 Å². The predicted molar refractivity (Wildman–Crippen MR) is 305 cm³/mol. The molecule has 2 nitrogen and oxygen atoms in total. The highest BCUT2D eigenvalue weighted by Crippen LogP contribution is 2.44. The molecule has 0 atom stereocenters. The number of rotatable bonds is 5. The molecule has 0 aliphatic heterocycles. The second kappa shape index (κ2) is 16.5. The summed E-state index contributed by atoms with van der Waals surface area (Å²) < 4.78 is 2.52. The summed E-state index contributed by atoms with van der Waals surface area (Å²) in [7, 11) is 0. The number of nitrogens with zero attached hydrogens (tertiary/aromatic N) is 1. The maximum atomic E-state index is 3.96. The van der Waals surface area contributed by atoms with Gasteiger partial charge in [0.15, 0.2) is 0 Å². The molecule has 10 aromatic rings. The number of H-pyrrole nitrogens is 1. The van der Waals surface area contributed by atoms with Crippen molar-refractivity contribution in [2.24, 2.45) is 0 Å². The molecule has 0 unspecified atom stereocenters. The molecule has 0 fully saturated rings. The van der Waals surface area contributed by atoms with Gasteiger partial charge in [0.05, 0.1) is 16.6 Å². The molecule has 10 rings (SSSR count). The second-order valence-corrected chi connectivity index (χ2v) is 25.4. The minimum atomic E-state index is -0.121. The predicted octanol–water partition coefficient (Wildman–Crippen LogP) is 19.6. The van der Waals surface area contributed by atoms with Gasteiger partial charge in [-0.05, 0) is 155 Å². The van der Waals surface area contributed by atoms with Crippen LogP contribution in [0.15, 0.2) is 158 Å². The Morgan fingerprint density at radius 2 is 0.686 bits per heavy atom. The van der Waals surface area contributed by atoms with Gasteiger partial charge >= 0.3 is 0 Å². The van der Waals surface area contributed by atoms with Crippen molar-refractivity contribution in [1.82, 2.24) is 9.55 Å². The molecule has 0 saturated heterocycles. The summed E-state index contributed by atoms with van der Waals surface area (Å²) in [6.07, 6.45) is 0. The lowest BCUT2D eigenvalue weighted by atomic mass is 9.84. The third-order valence-corrected chi connectivity index (χ3v) is 14.9. The number of hydrogen-bond donors (Lipinski definition) is 1. The van der Waals surface area contributed by atoms with E-state index in [1.54, 1.807) is 0 Å². The van der Waals surface area contributed by atoms with E-state index >= 15 is 0 Å². The molecule has 70 heavy (non-hydrogen) atoms. The quantitative estimate of drug-likeness (QED) is 0.178. The average molecular weight is 917 g/mol. The van der Waals surface area contributed by atoms with Gasteiger partial charge < -0.3 is 9.55 Å². The molecule has 0 amide bonds. The van der Waals surface area contributed by atoms with Crippen LogP contribution in [0.2, 0.25) is 0 Å². The van der Waals surface area contributed by atoms with E-state index in [9.17, 15) is 0 Å². The fraction of sp³-hybridized carbons (Fsp3) is 0.294. The first-order valence-corrected chi connectivity index (χ1v) is 25.5. The number of fused-ring (bicyclic) bond motifs is 6. The summed E-state index contributed by atoms with van der Waals surface area (Å²) in [5, 5.41) is 5.01. The molecule has 0 radical (unpaired) electrons. The third kappa shape index (κ3) is 8.69. The lowest BCUT2D eigenvalue weighted by molar-refractivity contribution is 0.590. The highest BCUT2D eigenvalue weighted by atomic mass is 15.0. The van der Waals surface area contributed by atoms with Gasteiger partial charge in [0.25, 0.3) is 0 Å². The molecule has 0 spiro atoms. The zero-order valence-electron chi connectivity index (χ0n) is 44.5. The van der Waals surface area contributed by atoms with Crippen LogP contribution in [0.25, 0.3) is 93.8 Å². The Kier molecular flexibility index (Phi) is 11.1. The SMILES string of the molecule is CC(C)(C)c1ccc(-c2cc(-c3cc(-n4c5ccc(-c6ccc(C(C)(C)C)cc6)cc5c5cc(-c6ccc(C(C)(C)C)cc6)ccc54)cc(C(C)(C)C)c3)c3[nH]c4ccc(C(C)(C)C)cc4c3c2)cc1. The van der Waals surface area contributed by atoms with Crippen molar-refractivity contribution in [3.63, 3.8) is 0 Å². The van der Waals surface area contributed by atoms with Crippen LogP contribution in [0.5, 0.6) is 0 Å². The van der Waals surface area contributed by atoms with Gasteiger partial charge in [-0.2, -0.15) is 0 Å². The molecule has 2 heteroatoms. The van der Waals surface area contributed by atoms with Crippen LogP contribution in [-0.2, 0) is 27.1 Å². The summed E-state index contributed by atoms with van der Waals surface area (Å²) in [5.41, 5.74) is 22.4. The van der Waals surface area contributed by atoms with E-state index in [0.29, 0.717) is 0 Å². The first-order chi connectivity index (χ1) is 32.8. The fourth-order valence-corrected chi connectivity index (χ4v) is 10.3. The minimum Gasteiger partial charge on any atom is -0.354 e. The van der Waals surface area contributed by atoms with E-state index < -0.39 is 0 Å². The summed E-state index contributed by atoms with van der Waals surface area (Å²) in [4.78, 5) is 3.96. The Hall–Kier alpha value is -6.64. The maximum Gasteiger partial charge on any atom is 0.0544 e. The molecule has 0 saturated carbocycles.